The van der Waals surface area contributed by atoms with Crippen LogP contribution in [0.25, 0.3) is 5.03 Å². The molecule has 3 aromatic rings. The van der Waals surface area contributed by atoms with Crippen LogP contribution in [0.15, 0.2) is 78.9 Å². The van der Waals surface area contributed by atoms with Crippen LogP contribution in [0.3, 0.4) is 0 Å². The summed E-state index contributed by atoms with van der Waals surface area (Å²) in [4.78, 5) is 13.0. The standard InChI is InChI=1S/C28H22Cl2FNO3/c1-28(2)21(15-22(30)17-8-11-19(29)12-9-17)26(28)27(33)35-25(16-32)18-10-13-23(31)24(14-18)34-20-6-4-3-5-7-20/h3-15,21,25-26H,1-2H3/t21-,25-,26+/m0/s1. The van der Waals surface area contributed by atoms with Crippen molar-refractivity contribution in [2.45, 2.75) is 20.0 Å². The Morgan fingerprint density at radius 3 is 2.46 bits per heavy atom. The lowest BCUT2D eigenvalue weighted by molar-refractivity contribution is -0.149. The molecule has 35 heavy (non-hydrogen) atoms. The molecule has 1 aliphatic carbocycles. The van der Waals surface area contributed by atoms with Crippen LogP contribution >= 0.6 is 23.2 Å². The molecule has 0 spiro atoms. The van der Waals surface area contributed by atoms with E-state index in [4.69, 9.17) is 32.7 Å². The summed E-state index contributed by atoms with van der Waals surface area (Å²) in [5.41, 5.74) is 0.713. The number of nitrogens with zero attached hydrogens (tertiary/aromatic N) is 1. The molecule has 1 aliphatic rings. The number of para-hydroxylation sites is 1. The fourth-order valence-electron chi connectivity index (χ4n) is 4.04. The third-order valence-electron chi connectivity index (χ3n) is 6.19. The molecule has 0 amide bonds. The third kappa shape index (κ3) is 5.51. The van der Waals surface area contributed by atoms with Crippen LogP contribution in [0.4, 0.5) is 4.39 Å². The van der Waals surface area contributed by atoms with Gasteiger partial charge in [-0.2, -0.15) is 5.26 Å². The summed E-state index contributed by atoms with van der Waals surface area (Å²) in [6.45, 7) is 3.88. The van der Waals surface area contributed by atoms with Crippen LogP contribution in [-0.4, -0.2) is 5.97 Å². The number of hydrogen-bond acceptors (Lipinski definition) is 4. The van der Waals surface area contributed by atoms with Gasteiger partial charge in [0, 0.05) is 15.6 Å². The van der Waals surface area contributed by atoms with Crippen molar-refractivity contribution in [3.8, 4) is 17.6 Å². The second-order valence-electron chi connectivity index (χ2n) is 8.90. The zero-order chi connectivity index (χ0) is 25.2. The Labute approximate surface area is 213 Å². The summed E-state index contributed by atoms with van der Waals surface area (Å²) in [5, 5.41) is 10.8. The average molecular weight is 510 g/mol. The second-order valence-corrected chi connectivity index (χ2v) is 9.74. The highest BCUT2D eigenvalue weighted by Crippen LogP contribution is 2.60. The number of ether oxygens (including phenoxy) is 2. The molecule has 0 aromatic heterocycles. The highest BCUT2D eigenvalue weighted by atomic mass is 35.5. The Hall–Kier alpha value is -3.33. The summed E-state index contributed by atoms with van der Waals surface area (Å²) >= 11 is 12.4. The summed E-state index contributed by atoms with van der Waals surface area (Å²) in [6.07, 6.45) is 0.621. The lowest BCUT2D eigenvalue weighted by atomic mass is 10.1. The normalized spacial score (nSPS) is 19.4. The van der Waals surface area contributed by atoms with Crippen molar-refractivity contribution >= 4 is 34.2 Å². The molecule has 0 saturated heterocycles. The van der Waals surface area contributed by atoms with E-state index in [1.165, 1.54) is 18.2 Å². The Balaban J connectivity index is 1.49. The maximum absolute atomic E-state index is 14.3. The van der Waals surface area contributed by atoms with E-state index in [9.17, 15) is 14.4 Å². The van der Waals surface area contributed by atoms with E-state index < -0.39 is 29.2 Å². The molecule has 3 aromatic carbocycles. The van der Waals surface area contributed by atoms with Crippen molar-refractivity contribution in [1.82, 2.24) is 0 Å². The third-order valence-corrected chi connectivity index (χ3v) is 6.79. The van der Waals surface area contributed by atoms with Crippen LogP contribution in [-0.2, 0) is 9.53 Å². The van der Waals surface area contributed by atoms with E-state index in [-0.39, 0.29) is 11.7 Å². The minimum absolute atomic E-state index is 0.0627. The van der Waals surface area contributed by atoms with E-state index in [1.54, 1.807) is 48.5 Å². The zero-order valence-corrected chi connectivity index (χ0v) is 20.6. The molecule has 4 rings (SSSR count). The maximum Gasteiger partial charge on any atom is 0.311 e. The second kappa shape index (κ2) is 10.1. The molecular weight excluding hydrogens is 488 g/mol. The first-order valence-corrected chi connectivity index (χ1v) is 11.7. The van der Waals surface area contributed by atoms with Crippen molar-refractivity contribution in [3.05, 3.63) is 101 Å². The fraction of sp³-hybridized carbons (Fsp3) is 0.214. The van der Waals surface area contributed by atoms with Gasteiger partial charge in [-0.25, -0.2) is 4.39 Å². The molecule has 0 heterocycles. The van der Waals surface area contributed by atoms with E-state index in [0.717, 1.165) is 5.56 Å². The molecule has 4 nitrogen and oxygen atoms in total. The molecule has 1 saturated carbocycles. The predicted octanol–water partition coefficient (Wildman–Crippen LogP) is 7.93. The highest BCUT2D eigenvalue weighted by molar-refractivity contribution is 6.48. The maximum atomic E-state index is 14.3. The van der Waals surface area contributed by atoms with Gasteiger partial charge in [0.15, 0.2) is 11.6 Å². The lowest BCUT2D eigenvalue weighted by Gasteiger charge is -2.14. The SMILES string of the molecule is CC1(C)[C@@H](C=C(Cl)c2ccc(Cl)cc2)[C@@H]1C(=O)O[C@@H](C#N)c1ccc(F)c(Oc2ccccc2)c1. The van der Waals surface area contributed by atoms with Gasteiger partial charge in [-0.1, -0.05) is 79.5 Å². The lowest BCUT2D eigenvalue weighted by Crippen LogP contribution is -2.14. The quantitative estimate of drug-likeness (QED) is 0.303. The van der Waals surface area contributed by atoms with Crippen LogP contribution in [0.1, 0.15) is 31.1 Å². The number of esters is 1. The Kier molecular flexibility index (Phi) is 7.16. The molecular formula is C28H22Cl2FNO3. The minimum atomic E-state index is -1.21. The van der Waals surface area contributed by atoms with Crippen molar-refractivity contribution < 1.29 is 18.7 Å². The summed E-state index contributed by atoms with van der Waals surface area (Å²) < 4.78 is 25.5. The van der Waals surface area contributed by atoms with Crippen molar-refractivity contribution in [3.63, 3.8) is 0 Å². The van der Waals surface area contributed by atoms with E-state index >= 15 is 0 Å². The van der Waals surface area contributed by atoms with E-state index in [2.05, 4.69) is 0 Å². The van der Waals surface area contributed by atoms with Crippen molar-refractivity contribution in [1.29, 1.82) is 5.26 Å². The van der Waals surface area contributed by atoms with Crippen LogP contribution in [0.5, 0.6) is 11.5 Å². The number of carbonyl (C=O) groups excluding carboxylic acids is 1. The monoisotopic (exact) mass is 509 g/mol. The zero-order valence-electron chi connectivity index (χ0n) is 19.0. The summed E-state index contributed by atoms with van der Waals surface area (Å²) in [7, 11) is 0. The average Bonchev–Trinajstić information content (AvgIpc) is 3.39. The van der Waals surface area contributed by atoms with Gasteiger partial charge in [-0.15, -0.1) is 0 Å². The first-order valence-electron chi connectivity index (χ1n) is 11.0. The molecule has 0 aliphatic heterocycles. The van der Waals surface area contributed by atoms with Gasteiger partial charge in [0.2, 0.25) is 6.10 Å². The Morgan fingerprint density at radius 1 is 1.11 bits per heavy atom. The van der Waals surface area contributed by atoms with E-state index in [1.807, 2.05) is 32.1 Å². The first kappa shape index (κ1) is 24.8. The smallest absolute Gasteiger partial charge is 0.311 e. The van der Waals surface area contributed by atoms with Gasteiger partial charge >= 0.3 is 5.97 Å². The Morgan fingerprint density at radius 2 is 1.80 bits per heavy atom. The highest BCUT2D eigenvalue weighted by Gasteiger charge is 2.62. The molecule has 178 valence electrons. The first-order chi connectivity index (χ1) is 16.7. The molecule has 3 atom stereocenters. The van der Waals surface area contributed by atoms with Gasteiger partial charge < -0.3 is 9.47 Å². The van der Waals surface area contributed by atoms with Crippen LogP contribution in [0, 0.1) is 34.4 Å². The molecule has 0 radical (unpaired) electrons. The summed E-state index contributed by atoms with van der Waals surface area (Å²) in [5.74, 6) is -1.36. The van der Waals surface area contributed by atoms with Gasteiger partial charge in [0.25, 0.3) is 0 Å². The number of benzene rings is 3. The molecule has 7 heteroatoms. The Bertz CT molecular complexity index is 1300. The fourth-order valence-corrected chi connectivity index (χ4v) is 4.42. The number of hydrogen-bond donors (Lipinski definition) is 0. The van der Waals surface area contributed by atoms with Crippen LogP contribution < -0.4 is 4.74 Å². The minimum Gasteiger partial charge on any atom is -0.454 e. The number of nitriles is 1. The van der Waals surface area contributed by atoms with Gasteiger partial charge in [0.05, 0.1) is 5.92 Å². The molecule has 1 fully saturated rings. The largest absolute Gasteiger partial charge is 0.454 e. The molecule has 0 unspecified atom stereocenters. The van der Waals surface area contributed by atoms with Gasteiger partial charge in [-0.05, 0) is 53.3 Å². The number of carbonyl (C=O) groups is 1. The van der Waals surface area contributed by atoms with Crippen molar-refractivity contribution in [2.75, 3.05) is 0 Å². The van der Waals surface area contributed by atoms with Crippen LogP contribution in [0.2, 0.25) is 5.02 Å². The number of halogens is 3. The number of allylic oxidation sites excluding steroid dienone is 1. The van der Waals surface area contributed by atoms with E-state index in [0.29, 0.717) is 21.4 Å². The van der Waals surface area contributed by atoms with Crippen molar-refractivity contribution in [2.24, 2.45) is 17.3 Å². The summed E-state index contributed by atoms with van der Waals surface area (Å²) in [6, 6.07) is 21.7. The van der Waals surface area contributed by atoms with Gasteiger partial charge in [0.1, 0.15) is 11.8 Å². The molecule has 0 bridgehead atoms. The molecule has 0 N–H and O–H groups in total. The predicted molar refractivity (Wildman–Crippen MR) is 133 cm³/mol. The number of rotatable bonds is 7. The topological polar surface area (TPSA) is 59.3 Å². The van der Waals surface area contributed by atoms with Gasteiger partial charge in [-0.3, -0.25) is 4.79 Å².